The predicted octanol–water partition coefficient (Wildman–Crippen LogP) is 1.20. The first-order valence-electron chi connectivity index (χ1n) is 5.92. The van der Waals surface area contributed by atoms with Gasteiger partial charge in [-0.1, -0.05) is 24.3 Å². The van der Waals surface area contributed by atoms with Crippen molar-refractivity contribution in [2.45, 2.75) is 25.9 Å². The highest BCUT2D eigenvalue weighted by atomic mass is 16.5. The number of benzene rings is 1. The van der Waals surface area contributed by atoms with Crippen molar-refractivity contribution in [3.05, 3.63) is 35.4 Å². The third-order valence-corrected chi connectivity index (χ3v) is 2.87. The summed E-state index contributed by atoms with van der Waals surface area (Å²) in [6.45, 7) is 3.67. The molecule has 104 valence electrons. The number of carbonyl (C=O) groups is 1. The smallest absolute Gasteiger partial charge is 0.322 e. The number of carbonyl (C=O) groups excluding carboxylic acids is 1. The Morgan fingerprint density at radius 1 is 1.32 bits per heavy atom. The molecule has 0 bridgehead atoms. The molecule has 0 unspecified atom stereocenters. The van der Waals surface area contributed by atoms with Crippen LogP contribution in [-0.4, -0.2) is 30.2 Å². The Kier molecular flexibility index (Phi) is 5.47. The number of hydrogen-bond donors (Lipinski definition) is 4. The van der Waals surface area contributed by atoms with Crippen molar-refractivity contribution in [1.29, 1.82) is 5.41 Å². The Morgan fingerprint density at radius 2 is 1.89 bits per heavy atom. The van der Waals surface area contributed by atoms with Crippen LogP contribution < -0.4 is 10.8 Å². The van der Waals surface area contributed by atoms with Crippen LogP contribution in [0.4, 0.5) is 0 Å². The van der Waals surface area contributed by atoms with Crippen LogP contribution in [0.5, 0.6) is 0 Å². The fraction of sp³-hybridized carbons (Fsp3) is 0.385. The number of ether oxygens (including phenoxy) is 1. The monoisotopic (exact) mass is 265 g/mol. The van der Waals surface area contributed by atoms with Crippen molar-refractivity contribution in [3.8, 4) is 0 Å². The molecule has 6 heteroatoms. The molecule has 0 aliphatic heterocycles. The third-order valence-electron chi connectivity index (χ3n) is 2.87. The molecular weight excluding hydrogens is 246 g/mol. The molecule has 0 amide bonds. The maximum atomic E-state index is 11.3. The molecule has 6 nitrogen and oxygen atoms in total. The first-order chi connectivity index (χ1) is 8.99. The van der Waals surface area contributed by atoms with Crippen LogP contribution in [0, 0.1) is 5.41 Å². The minimum Gasteiger partial charge on any atom is -0.468 e. The van der Waals surface area contributed by atoms with Gasteiger partial charge >= 0.3 is 5.97 Å². The summed E-state index contributed by atoms with van der Waals surface area (Å²) in [7, 11) is 1.35. The third kappa shape index (κ3) is 4.04. The maximum Gasteiger partial charge on any atom is 0.322 e. The fourth-order valence-electron chi connectivity index (χ4n) is 1.72. The summed E-state index contributed by atoms with van der Waals surface area (Å²) in [6, 6.07) is 6.70. The van der Waals surface area contributed by atoms with E-state index < -0.39 is 6.04 Å². The van der Waals surface area contributed by atoms with E-state index in [4.69, 9.17) is 10.6 Å². The largest absolute Gasteiger partial charge is 0.468 e. The average Bonchev–Trinajstić information content (AvgIpc) is 2.45. The van der Waals surface area contributed by atoms with Crippen molar-refractivity contribution in [2.24, 2.45) is 0 Å². The van der Waals surface area contributed by atoms with Crippen molar-refractivity contribution in [3.63, 3.8) is 0 Å². The molecule has 0 saturated carbocycles. The van der Waals surface area contributed by atoms with Gasteiger partial charge in [0.1, 0.15) is 11.9 Å². The maximum absolute atomic E-state index is 11.3. The summed E-state index contributed by atoms with van der Waals surface area (Å²) >= 11 is 0. The molecule has 2 atom stereocenters. The molecule has 1 rings (SSSR count). The molecule has 4 N–H and O–H groups in total. The van der Waals surface area contributed by atoms with Crippen LogP contribution in [0.3, 0.4) is 0 Å². The molecular formula is C13H19N3O3. The number of hydrogen-bond acceptors (Lipinski definition) is 5. The van der Waals surface area contributed by atoms with Crippen LogP contribution in [0.2, 0.25) is 0 Å². The quantitative estimate of drug-likeness (QED) is 0.278. The SMILES string of the molecule is COC(=O)[C@@H](C)N[C@@H](C)c1ccc(C(=N)NO)cc1. The van der Waals surface area contributed by atoms with Crippen LogP contribution >= 0.6 is 0 Å². The molecule has 0 spiro atoms. The van der Waals surface area contributed by atoms with E-state index in [-0.39, 0.29) is 17.8 Å². The highest BCUT2D eigenvalue weighted by Crippen LogP contribution is 2.14. The van der Waals surface area contributed by atoms with Crippen LogP contribution in [0.25, 0.3) is 0 Å². The summed E-state index contributed by atoms with van der Waals surface area (Å²) in [6.07, 6.45) is 0. The molecule has 1 aromatic rings. The Balaban J connectivity index is 2.70. The fourth-order valence-corrected chi connectivity index (χ4v) is 1.72. The minimum atomic E-state index is -0.392. The first kappa shape index (κ1) is 15.1. The Hall–Kier alpha value is -1.92. The normalized spacial score (nSPS) is 13.5. The van der Waals surface area contributed by atoms with Gasteiger partial charge in [0.15, 0.2) is 0 Å². The zero-order valence-electron chi connectivity index (χ0n) is 11.2. The second kappa shape index (κ2) is 6.86. The summed E-state index contributed by atoms with van der Waals surface area (Å²) in [5, 5.41) is 19.2. The zero-order valence-corrected chi connectivity index (χ0v) is 11.2. The van der Waals surface area contributed by atoms with Gasteiger partial charge in [0.25, 0.3) is 0 Å². The lowest BCUT2D eigenvalue weighted by atomic mass is 10.0. The van der Waals surface area contributed by atoms with Gasteiger partial charge in [-0.2, -0.15) is 0 Å². The number of methoxy groups -OCH3 is 1. The zero-order chi connectivity index (χ0) is 14.4. The molecule has 0 aliphatic carbocycles. The lowest BCUT2D eigenvalue weighted by Crippen LogP contribution is -2.36. The van der Waals surface area contributed by atoms with E-state index in [0.717, 1.165) is 5.56 Å². The van der Waals surface area contributed by atoms with Gasteiger partial charge < -0.3 is 4.74 Å². The number of amidine groups is 1. The van der Waals surface area contributed by atoms with Gasteiger partial charge in [-0.3, -0.25) is 26.2 Å². The van der Waals surface area contributed by atoms with Gasteiger partial charge in [0.05, 0.1) is 7.11 Å². The summed E-state index contributed by atoms with van der Waals surface area (Å²) in [4.78, 5) is 11.3. The van der Waals surface area contributed by atoms with E-state index >= 15 is 0 Å². The Morgan fingerprint density at radius 3 is 2.37 bits per heavy atom. The van der Waals surface area contributed by atoms with Crippen LogP contribution in [0.1, 0.15) is 31.0 Å². The molecule has 0 saturated heterocycles. The summed E-state index contributed by atoms with van der Waals surface area (Å²) in [5.41, 5.74) is 3.35. The van der Waals surface area contributed by atoms with Gasteiger partial charge in [0, 0.05) is 11.6 Å². The predicted molar refractivity (Wildman–Crippen MR) is 71.2 cm³/mol. The number of rotatable bonds is 5. The molecule has 0 heterocycles. The second-order valence-electron chi connectivity index (χ2n) is 4.24. The van der Waals surface area contributed by atoms with E-state index in [1.807, 2.05) is 19.1 Å². The van der Waals surface area contributed by atoms with Gasteiger partial charge in [-0.05, 0) is 19.4 Å². The number of hydroxylamine groups is 1. The standard InChI is InChI=1S/C13H19N3O3/c1-8(15-9(2)13(17)19-3)10-4-6-11(7-5-10)12(14)16-18/h4-9,15,18H,1-3H3,(H2,14,16)/t8-,9+/m0/s1. The van der Waals surface area contributed by atoms with Crippen LogP contribution in [0.15, 0.2) is 24.3 Å². The lowest BCUT2D eigenvalue weighted by molar-refractivity contribution is -0.142. The Labute approximate surface area is 112 Å². The molecule has 19 heavy (non-hydrogen) atoms. The molecule has 0 fully saturated rings. The van der Waals surface area contributed by atoms with Crippen molar-refractivity contribution >= 4 is 11.8 Å². The van der Waals surface area contributed by atoms with Gasteiger partial charge in [-0.15, -0.1) is 0 Å². The highest BCUT2D eigenvalue weighted by molar-refractivity contribution is 5.95. The topological polar surface area (TPSA) is 94.4 Å². The molecule has 0 aromatic heterocycles. The summed E-state index contributed by atoms with van der Waals surface area (Å²) in [5.74, 6) is -0.371. The van der Waals surface area contributed by atoms with Gasteiger partial charge in [0.2, 0.25) is 0 Å². The molecule has 0 radical (unpaired) electrons. The first-order valence-corrected chi connectivity index (χ1v) is 5.92. The van der Waals surface area contributed by atoms with E-state index in [0.29, 0.717) is 5.56 Å². The van der Waals surface area contributed by atoms with E-state index in [9.17, 15) is 4.79 Å². The summed E-state index contributed by atoms with van der Waals surface area (Å²) < 4.78 is 4.65. The van der Waals surface area contributed by atoms with Crippen molar-refractivity contribution < 1.29 is 14.7 Å². The van der Waals surface area contributed by atoms with Crippen LogP contribution in [-0.2, 0) is 9.53 Å². The highest BCUT2D eigenvalue weighted by Gasteiger charge is 2.16. The number of nitrogens with one attached hydrogen (secondary N) is 3. The molecule has 0 aliphatic rings. The molecule has 1 aromatic carbocycles. The van der Waals surface area contributed by atoms with E-state index in [1.165, 1.54) is 7.11 Å². The number of esters is 1. The minimum absolute atomic E-state index is 0.0283. The van der Waals surface area contributed by atoms with Crippen molar-refractivity contribution in [2.75, 3.05) is 7.11 Å². The van der Waals surface area contributed by atoms with E-state index in [1.54, 1.807) is 24.5 Å². The average molecular weight is 265 g/mol. The second-order valence-corrected chi connectivity index (χ2v) is 4.24. The van der Waals surface area contributed by atoms with Gasteiger partial charge in [-0.25, -0.2) is 0 Å². The Bertz CT molecular complexity index is 445. The van der Waals surface area contributed by atoms with E-state index in [2.05, 4.69) is 10.1 Å². The van der Waals surface area contributed by atoms with Crippen molar-refractivity contribution in [1.82, 2.24) is 10.8 Å². The lowest BCUT2D eigenvalue weighted by Gasteiger charge is -2.18.